The lowest BCUT2D eigenvalue weighted by atomic mass is 10.1. The van der Waals surface area contributed by atoms with Crippen LogP contribution >= 0.6 is 7.82 Å². The second kappa shape index (κ2) is 32.8. The van der Waals surface area contributed by atoms with Gasteiger partial charge < -0.3 is 28.3 Å². The van der Waals surface area contributed by atoms with Crippen LogP contribution in [0.1, 0.15) is 140 Å². The SMILES string of the molecule is C[N+](C)(C)CCOP(=O)(O)OC[C@@H](COC(=O)CCCCCCCCCCC(=O)OCc1ccccc1[N+](=O)[O-])OC(=O)CCCCCCCCCCC(=O)OCc1ccccc1[N+](=O)[O-]. The van der Waals surface area contributed by atoms with Crippen molar-refractivity contribution < 1.29 is 71.0 Å². The number of phosphoric ester groups is 1. The Hall–Kier alpha value is -4.81. The first kappa shape index (κ1) is 57.3. The smallest absolute Gasteiger partial charge is 0.462 e. The molecule has 2 aromatic carbocycles. The molecule has 0 aliphatic heterocycles. The molecule has 0 aromatic heterocycles. The summed E-state index contributed by atoms with van der Waals surface area (Å²) >= 11 is 0. The highest BCUT2D eigenvalue weighted by Crippen LogP contribution is 2.43. The van der Waals surface area contributed by atoms with Gasteiger partial charge in [-0.1, -0.05) is 101 Å². The van der Waals surface area contributed by atoms with Crippen LogP contribution in [0.15, 0.2) is 48.5 Å². The summed E-state index contributed by atoms with van der Waals surface area (Å²) < 4.78 is 44.5. The number of nitro groups is 2. The average molecular weight is 953 g/mol. The van der Waals surface area contributed by atoms with E-state index in [9.17, 15) is 48.9 Å². The summed E-state index contributed by atoms with van der Waals surface area (Å²) in [6.07, 6.45) is 12.8. The van der Waals surface area contributed by atoms with Crippen molar-refractivity contribution >= 4 is 43.1 Å². The first-order chi connectivity index (χ1) is 31.5. The lowest BCUT2D eigenvalue weighted by Gasteiger charge is -2.24. The Bertz CT molecular complexity index is 1840. The minimum Gasteiger partial charge on any atom is -0.462 e. The Kier molecular flexibility index (Phi) is 28.5. The number of nitrogens with zero attached hydrogens (tertiary/aromatic N) is 3. The van der Waals surface area contributed by atoms with Crippen LogP contribution in [0.2, 0.25) is 0 Å². The number of unbranched alkanes of at least 4 members (excludes halogenated alkanes) is 14. The molecule has 0 aliphatic rings. The Morgan fingerprint density at radius 3 is 1.32 bits per heavy atom. The van der Waals surface area contributed by atoms with Gasteiger partial charge in [0.1, 0.15) is 33.0 Å². The minimum absolute atomic E-state index is 0.0417. The van der Waals surface area contributed by atoms with Crippen LogP contribution in [-0.4, -0.2) is 96.7 Å². The zero-order chi connectivity index (χ0) is 48.6. The monoisotopic (exact) mass is 952 g/mol. The topological polar surface area (TPSA) is 247 Å². The summed E-state index contributed by atoms with van der Waals surface area (Å²) in [4.78, 5) is 80.9. The predicted molar refractivity (Wildman–Crippen MR) is 244 cm³/mol. The molecule has 1 unspecified atom stereocenters. The summed E-state index contributed by atoms with van der Waals surface area (Å²) in [6, 6.07) is 12.3. The van der Waals surface area contributed by atoms with Gasteiger partial charge in [-0.2, -0.15) is 0 Å². The number of benzene rings is 2. The molecule has 0 saturated carbocycles. The van der Waals surface area contributed by atoms with Crippen LogP contribution in [0.25, 0.3) is 0 Å². The van der Waals surface area contributed by atoms with Crippen LogP contribution in [0, 0.1) is 20.2 Å². The van der Waals surface area contributed by atoms with Gasteiger partial charge in [-0.15, -0.1) is 0 Å². The molecule has 0 fully saturated rings. The van der Waals surface area contributed by atoms with E-state index in [-0.39, 0.29) is 63.5 Å². The number of quaternary nitrogens is 1. The molecule has 0 aliphatic carbocycles. The van der Waals surface area contributed by atoms with E-state index in [1.807, 2.05) is 21.1 Å². The van der Waals surface area contributed by atoms with Crippen molar-refractivity contribution in [2.24, 2.45) is 0 Å². The van der Waals surface area contributed by atoms with Gasteiger partial charge in [-0.25, -0.2) is 4.57 Å². The van der Waals surface area contributed by atoms with Crippen LogP contribution in [-0.2, 0) is 65.0 Å². The molecule has 370 valence electrons. The molecular weight excluding hydrogens is 881 g/mol. The van der Waals surface area contributed by atoms with E-state index in [0.29, 0.717) is 47.8 Å². The van der Waals surface area contributed by atoms with E-state index >= 15 is 0 Å². The predicted octanol–water partition coefficient (Wildman–Crippen LogP) is 9.39. The summed E-state index contributed by atoms with van der Waals surface area (Å²) in [5.74, 6) is -1.84. The van der Waals surface area contributed by atoms with Crippen molar-refractivity contribution in [2.45, 2.75) is 148 Å². The van der Waals surface area contributed by atoms with Gasteiger partial charge in [-0.3, -0.25) is 48.5 Å². The third-order valence-electron chi connectivity index (χ3n) is 10.3. The number of hydrogen-bond acceptors (Lipinski definition) is 15. The molecule has 66 heavy (non-hydrogen) atoms. The molecule has 0 heterocycles. The van der Waals surface area contributed by atoms with Gasteiger partial charge in [0.25, 0.3) is 11.4 Å². The van der Waals surface area contributed by atoms with Gasteiger partial charge in [0.05, 0.1) is 48.7 Å². The maximum absolute atomic E-state index is 12.7. The third-order valence-corrected chi connectivity index (χ3v) is 11.3. The Morgan fingerprint density at radius 1 is 0.561 bits per heavy atom. The van der Waals surface area contributed by atoms with Crippen molar-refractivity contribution in [2.75, 3.05) is 47.5 Å². The van der Waals surface area contributed by atoms with Crippen molar-refractivity contribution in [3.63, 3.8) is 0 Å². The molecular formula is C46H71N3O16P+. The fraction of sp³-hybridized carbons (Fsp3) is 0.652. The molecule has 2 atom stereocenters. The molecule has 0 radical (unpaired) electrons. The number of carbonyl (C=O) groups excluding carboxylic acids is 4. The molecule has 1 N–H and O–H groups in total. The lowest BCUT2D eigenvalue weighted by molar-refractivity contribution is -0.870. The molecule has 2 rings (SSSR count). The van der Waals surface area contributed by atoms with Crippen molar-refractivity contribution in [1.82, 2.24) is 0 Å². The molecule has 0 spiro atoms. The van der Waals surface area contributed by atoms with Crippen molar-refractivity contribution in [3.8, 4) is 0 Å². The highest BCUT2D eigenvalue weighted by Gasteiger charge is 2.27. The Labute approximate surface area is 388 Å². The highest BCUT2D eigenvalue weighted by molar-refractivity contribution is 7.47. The number of phosphoric acid groups is 1. The maximum Gasteiger partial charge on any atom is 0.472 e. The standard InChI is InChI=1S/C46H70N3O16P/c1-49(2,3)32-33-63-66(58,59)64-37-40(65-46(53)31-19-15-11-7-6-9-13-17-29-44(51)61-35-39-25-21-23-27-42(39)48(56)57)36-62-45(52)30-18-14-10-5-4-8-12-16-28-43(50)60-34-38-24-20-22-26-41(38)47(54)55/h20-27,40H,4-19,28-37H2,1-3H3/p+1/t40-/m1/s1. The van der Waals surface area contributed by atoms with Gasteiger partial charge in [0.2, 0.25) is 0 Å². The number of likely N-dealkylation sites (N-methyl/N-ethyl adjacent to an activating group) is 1. The first-order valence-electron chi connectivity index (χ1n) is 23.0. The van der Waals surface area contributed by atoms with E-state index in [0.717, 1.165) is 77.0 Å². The van der Waals surface area contributed by atoms with Gasteiger partial charge in [0, 0.05) is 37.8 Å². The van der Waals surface area contributed by atoms with Crippen LogP contribution in [0.3, 0.4) is 0 Å². The van der Waals surface area contributed by atoms with Crippen LogP contribution in [0.4, 0.5) is 11.4 Å². The van der Waals surface area contributed by atoms with E-state index in [2.05, 4.69) is 0 Å². The number of ether oxygens (including phenoxy) is 4. The zero-order valence-corrected chi connectivity index (χ0v) is 39.8. The Morgan fingerprint density at radius 2 is 0.924 bits per heavy atom. The molecule has 20 heteroatoms. The molecule has 0 saturated heterocycles. The quantitative estimate of drug-likeness (QED) is 0.0125. The summed E-state index contributed by atoms with van der Waals surface area (Å²) in [6.45, 7) is -0.737. The van der Waals surface area contributed by atoms with E-state index < -0.39 is 54.3 Å². The van der Waals surface area contributed by atoms with Gasteiger partial charge in [0.15, 0.2) is 6.10 Å². The second-order valence-corrected chi connectivity index (χ2v) is 18.6. The summed E-state index contributed by atoms with van der Waals surface area (Å²) in [5.41, 5.74) is 0.537. The summed E-state index contributed by atoms with van der Waals surface area (Å²) in [5, 5.41) is 22.3. The van der Waals surface area contributed by atoms with E-state index in [4.69, 9.17) is 28.0 Å². The van der Waals surface area contributed by atoms with E-state index in [1.54, 1.807) is 36.4 Å². The van der Waals surface area contributed by atoms with Crippen molar-refractivity contribution in [1.29, 1.82) is 0 Å². The average Bonchev–Trinajstić information content (AvgIpc) is 3.26. The number of esters is 4. The summed E-state index contributed by atoms with van der Waals surface area (Å²) in [7, 11) is 1.22. The van der Waals surface area contributed by atoms with E-state index in [1.165, 1.54) is 12.1 Å². The Balaban J connectivity index is 1.60. The van der Waals surface area contributed by atoms with Gasteiger partial charge in [-0.05, 0) is 37.8 Å². The number of rotatable bonds is 38. The number of hydrogen-bond donors (Lipinski definition) is 1. The first-order valence-corrected chi connectivity index (χ1v) is 24.5. The highest BCUT2D eigenvalue weighted by atomic mass is 31.2. The number of para-hydroxylation sites is 2. The molecule has 0 bridgehead atoms. The maximum atomic E-state index is 12.7. The molecule has 2 aromatic rings. The van der Waals surface area contributed by atoms with Crippen molar-refractivity contribution in [3.05, 3.63) is 79.9 Å². The van der Waals surface area contributed by atoms with Gasteiger partial charge >= 0.3 is 31.7 Å². The number of nitro benzene ring substituents is 2. The largest absolute Gasteiger partial charge is 0.472 e. The molecule has 0 amide bonds. The van der Waals surface area contributed by atoms with Crippen LogP contribution in [0.5, 0.6) is 0 Å². The number of carbonyl (C=O) groups is 4. The fourth-order valence-corrected chi connectivity index (χ4v) is 7.29. The lowest BCUT2D eigenvalue weighted by Crippen LogP contribution is -2.37. The normalized spacial score (nSPS) is 12.7. The zero-order valence-electron chi connectivity index (χ0n) is 38.9. The second-order valence-electron chi connectivity index (χ2n) is 17.2. The van der Waals surface area contributed by atoms with Crippen LogP contribution < -0.4 is 0 Å². The minimum atomic E-state index is -4.48. The molecule has 19 nitrogen and oxygen atoms in total. The fourth-order valence-electron chi connectivity index (χ4n) is 6.55. The third kappa shape index (κ3) is 28.3.